The average molecular weight is 308 g/mol. The fraction of sp³-hybridized carbons (Fsp3) is 0. The van der Waals surface area contributed by atoms with Crippen molar-refractivity contribution in [3.05, 3.63) is 0 Å². The molecule has 0 bridgehead atoms. The van der Waals surface area contributed by atoms with Gasteiger partial charge >= 0.3 is 8.41 Å². The van der Waals surface area contributed by atoms with E-state index in [1.54, 1.807) is 0 Å². The second-order valence-electron chi connectivity index (χ2n) is 1.18. The van der Waals surface area contributed by atoms with Crippen LogP contribution in [0, 0.1) is 0 Å². The molecule has 16 heavy (non-hydrogen) atoms. The second-order valence-corrected chi connectivity index (χ2v) is 3.54. The quantitative estimate of drug-likeness (QED) is 0.275. The van der Waals surface area contributed by atoms with E-state index in [4.69, 9.17) is 38.9 Å². The smallest absolute Gasteiger partial charge is 0.722 e. The largest absolute Gasteiger partial charge is 3.00 e. The van der Waals surface area contributed by atoms with Crippen LogP contribution in [0.25, 0.3) is 0 Å². The first-order chi connectivity index (χ1) is 6.00. The van der Waals surface area contributed by atoms with E-state index in [9.17, 15) is 11.7 Å². The summed E-state index contributed by atoms with van der Waals surface area (Å²) in [5.74, 6) is 0. The van der Waals surface area contributed by atoms with Crippen LogP contribution in [0.2, 0.25) is 0 Å². The predicted octanol–water partition coefficient (Wildman–Crippen LogP) is -2.13. The molecule has 0 saturated carbocycles. The fourth-order valence-corrected chi connectivity index (χ4v) is 0. The first-order valence-corrected chi connectivity index (χ1v) is 5.89. The van der Waals surface area contributed by atoms with E-state index in [-0.39, 0.29) is 8.41 Å². The van der Waals surface area contributed by atoms with E-state index in [0.29, 0.717) is 0 Å². The van der Waals surface area contributed by atoms with Crippen LogP contribution in [0.5, 0.6) is 0 Å². The van der Waals surface area contributed by atoms with Crippen LogP contribution >= 0.6 is 0 Å². The van der Waals surface area contributed by atoms with Crippen molar-refractivity contribution in [2.24, 2.45) is 0 Å². The van der Waals surface area contributed by atoms with Crippen LogP contribution in [0.4, 0.5) is 11.7 Å². The minimum absolute atomic E-state index is 0. The van der Waals surface area contributed by atoms with Gasteiger partial charge in [0.25, 0.3) is 31.5 Å². The predicted molar refractivity (Wildman–Crippen MR) is 38.2 cm³/mol. The van der Waals surface area contributed by atoms with Crippen molar-refractivity contribution in [2.75, 3.05) is 0 Å². The van der Waals surface area contributed by atoms with Crippen LogP contribution in [0.15, 0.2) is 0 Å². The first-order valence-electron chi connectivity index (χ1n) is 1.96. The summed E-state index contributed by atoms with van der Waals surface area (Å²) >= 11 is 0. The molecule has 0 radical (unpaired) electrons. The zero-order chi connectivity index (χ0) is 13.5. The molecule has 0 fully saturated rings. The van der Waals surface area contributed by atoms with Gasteiger partial charge in [-0.05, 0) is 0 Å². The maximum absolute atomic E-state index is 10.1. The third-order valence-corrected chi connectivity index (χ3v) is 0. The van der Waals surface area contributed by atoms with Crippen molar-refractivity contribution in [1.82, 2.24) is 0 Å². The number of hydrogen-bond acceptors (Lipinski definition) is 9. The van der Waals surface area contributed by atoms with Crippen molar-refractivity contribution in [3.63, 3.8) is 0 Å². The Morgan fingerprint density at radius 3 is 0.562 bits per heavy atom. The second kappa shape index (κ2) is 8.70. The average Bonchev–Trinajstić information content (AvgIpc) is 1.41. The Bertz CT molecular complexity index is 347. The first kappa shape index (κ1) is 24.7. The molecule has 0 aliphatic heterocycles. The van der Waals surface area contributed by atoms with Crippen LogP contribution < -0.4 is 0 Å². The van der Waals surface area contributed by atoms with Gasteiger partial charge in [-0.1, -0.05) is 0 Å². The van der Waals surface area contributed by atoms with Crippen LogP contribution in [-0.2, 0) is 31.5 Å². The number of hydrogen-bond donors (Lipinski definition) is 0. The maximum Gasteiger partial charge on any atom is 3.00 e. The monoisotopic (exact) mass is 308 g/mol. The molecule has 0 amide bonds. The van der Waals surface area contributed by atoms with Gasteiger partial charge in [0, 0.05) is 0 Å². The number of rotatable bonds is 0. The molecule has 0 aliphatic rings. The van der Waals surface area contributed by atoms with Gasteiger partial charge in [-0.25, -0.2) is 25.3 Å². The molecule has 0 atom stereocenters. The molecule has 0 unspecified atom stereocenters. The molecule has 0 N–H and O–H groups in total. The van der Waals surface area contributed by atoms with Gasteiger partial charge in [0.15, 0.2) is 0 Å². The number of halogens is 3. The molecule has 0 saturated heterocycles. The molecular weight excluding hydrogens is 308 g/mol. The van der Waals surface area contributed by atoms with Crippen molar-refractivity contribution >= 4 is 39.9 Å². The van der Waals surface area contributed by atoms with E-state index in [1.807, 2.05) is 0 Å². The molecule has 0 rings (SSSR count). The molecule has 0 aliphatic carbocycles. The van der Waals surface area contributed by atoms with E-state index >= 15 is 0 Å². The summed E-state index contributed by atoms with van der Waals surface area (Å²) in [5, 5.41) is 0. The minimum Gasteiger partial charge on any atom is -0.722 e. The molecule has 0 aromatic rings. The summed E-state index contributed by atoms with van der Waals surface area (Å²) in [7, 11) is -16.2. The Labute approximate surface area is 91.0 Å². The van der Waals surface area contributed by atoms with Gasteiger partial charge < -0.3 is 13.7 Å². The van der Waals surface area contributed by atoms with Gasteiger partial charge in [-0.15, -0.1) is 11.7 Å². The Hall–Kier alpha value is -0.415. The summed E-state index contributed by atoms with van der Waals surface area (Å²) in [6.45, 7) is 0. The van der Waals surface area contributed by atoms with E-state index in [2.05, 4.69) is 0 Å². The topological polar surface area (TPSA) is 172 Å². The standard InChI is InChI=1S/B.3FHO3S/c;3*1-5(2,3)4/h;3*(H,2,3,4)/q+3;;;/p-3. The molecule has 0 spiro atoms. The summed E-state index contributed by atoms with van der Waals surface area (Å²) in [4.78, 5) is 0. The summed E-state index contributed by atoms with van der Waals surface area (Å²) in [5.41, 5.74) is 0. The molecule has 0 aromatic heterocycles. The summed E-state index contributed by atoms with van der Waals surface area (Å²) in [6, 6.07) is 0. The summed E-state index contributed by atoms with van der Waals surface area (Å²) in [6.07, 6.45) is 0. The van der Waals surface area contributed by atoms with Gasteiger partial charge in [0.2, 0.25) is 0 Å². The molecular formula is BF3O9S3. The SMILES string of the molecule is O=S(=O)([O-])F.O=S(=O)([O-])F.O=S(=O)([O-])F.[B+3]. The van der Waals surface area contributed by atoms with Gasteiger partial charge in [0.1, 0.15) is 0 Å². The van der Waals surface area contributed by atoms with E-state index < -0.39 is 31.5 Å². The molecule has 16 heteroatoms. The third kappa shape index (κ3) is 12500. The van der Waals surface area contributed by atoms with Crippen molar-refractivity contribution in [2.45, 2.75) is 0 Å². The van der Waals surface area contributed by atoms with Crippen LogP contribution in [0.1, 0.15) is 0 Å². The van der Waals surface area contributed by atoms with Gasteiger partial charge in [-0.3, -0.25) is 0 Å². The van der Waals surface area contributed by atoms with E-state index in [1.165, 1.54) is 0 Å². The normalized spacial score (nSPS) is 10.9. The Morgan fingerprint density at radius 2 is 0.562 bits per heavy atom. The summed E-state index contributed by atoms with van der Waals surface area (Å²) < 4.78 is 106. The Kier molecular flexibility index (Phi) is 13.4. The molecule has 9 nitrogen and oxygen atoms in total. The molecule has 0 heterocycles. The third-order valence-electron chi connectivity index (χ3n) is 0. The zero-order valence-corrected chi connectivity index (χ0v) is 9.06. The van der Waals surface area contributed by atoms with Gasteiger partial charge in [-0.2, -0.15) is 0 Å². The Morgan fingerprint density at radius 1 is 0.562 bits per heavy atom. The molecule has 0 aromatic carbocycles. The maximum atomic E-state index is 10.1. The zero-order valence-electron chi connectivity index (χ0n) is 6.61. The van der Waals surface area contributed by atoms with Crippen molar-refractivity contribution in [3.8, 4) is 0 Å². The van der Waals surface area contributed by atoms with E-state index in [0.717, 1.165) is 0 Å². The Balaban J connectivity index is -0.0000000655. The van der Waals surface area contributed by atoms with Crippen LogP contribution in [0.3, 0.4) is 0 Å². The fourth-order valence-electron chi connectivity index (χ4n) is 0. The van der Waals surface area contributed by atoms with Gasteiger partial charge in [0.05, 0.1) is 0 Å². The van der Waals surface area contributed by atoms with Crippen molar-refractivity contribution < 1.29 is 50.6 Å². The van der Waals surface area contributed by atoms with Crippen LogP contribution in [-0.4, -0.2) is 47.3 Å². The minimum atomic E-state index is -5.42. The molecule has 96 valence electrons. The van der Waals surface area contributed by atoms with Crippen molar-refractivity contribution in [1.29, 1.82) is 0 Å².